The quantitative estimate of drug-likeness (QED) is 0.747. The molecule has 2 rings (SSSR count). The third kappa shape index (κ3) is 1.66. The molecule has 0 saturated heterocycles. The van der Waals surface area contributed by atoms with Crippen molar-refractivity contribution in [2.45, 2.75) is 6.92 Å². The monoisotopic (exact) mass is 242 g/mol. The second-order valence-electron chi connectivity index (χ2n) is 3.18. The van der Waals surface area contributed by atoms with Gasteiger partial charge in [-0.1, -0.05) is 12.1 Å². The number of hydrogen-bond donors (Lipinski definition) is 0. The predicted molar refractivity (Wildman–Crippen MR) is 63.1 cm³/mol. The lowest BCUT2D eigenvalue weighted by atomic mass is 10.2. The van der Waals surface area contributed by atoms with Crippen molar-refractivity contribution in [1.29, 1.82) is 0 Å². The minimum atomic E-state index is 0. The Bertz CT molecular complexity index is 288. The number of benzene rings is 1. The van der Waals surface area contributed by atoms with Crippen molar-refractivity contribution in [3.05, 3.63) is 24.3 Å². The van der Waals surface area contributed by atoms with Crippen molar-refractivity contribution in [2.75, 3.05) is 30.1 Å². The van der Waals surface area contributed by atoms with Crippen molar-refractivity contribution < 1.29 is 0 Å². The molecule has 1 aromatic carbocycles. The molecule has 1 aromatic rings. The predicted octanol–water partition coefficient (Wildman–Crippen LogP) is 2.50. The Hall–Kier alpha value is -0.700. The van der Waals surface area contributed by atoms with E-state index in [-0.39, 0.29) is 17.0 Å². The van der Waals surface area contributed by atoms with Crippen LogP contribution in [0.25, 0.3) is 0 Å². The van der Waals surface area contributed by atoms with Crippen molar-refractivity contribution in [3.8, 4) is 0 Å². The maximum atomic E-state index is 2.37. The van der Waals surface area contributed by atoms with E-state index in [1.54, 1.807) is 0 Å². The summed E-state index contributed by atoms with van der Waals surface area (Å²) in [7, 11) is 2.13. The average molecular weight is 243 g/mol. The molecular weight excluding hydrogens is 228 g/mol. The number of hydrogen-bond acceptors (Lipinski definition) is 2. The number of fused-ring (bicyclic) bond motifs is 1. The van der Waals surface area contributed by atoms with Crippen LogP contribution < -0.4 is 9.80 Å². The van der Waals surface area contributed by atoms with Gasteiger partial charge in [-0.05, 0) is 19.1 Å². The van der Waals surface area contributed by atoms with Crippen LogP contribution in [0.4, 0.5) is 11.4 Å². The molecule has 0 saturated carbocycles. The first-order valence-corrected chi connectivity index (χ1v) is 4.38. The van der Waals surface area contributed by atoms with E-state index in [1.807, 2.05) is 0 Å². The average Bonchev–Trinajstić information content (AvgIpc) is 2.44. The summed E-state index contributed by atoms with van der Waals surface area (Å²) >= 11 is 0. The van der Waals surface area contributed by atoms with E-state index < -0.39 is 0 Å². The number of nitrogens with zero attached hydrogens (tertiary/aromatic N) is 2. The van der Waals surface area contributed by atoms with Gasteiger partial charge in [0.25, 0.3) is 0 Å². The first kappa shape index (κ1) is 10.4. The molecule has 0 atom stereocenters. The first-order chi connectivity index (χ1) is 5.83. The van der Waals surface area contributed by atoms with E-state index in [2.05, 4.69) is 48.0 Å². The molecule has 2 nitrogen and oxygen atoms in total. The minimum Gasteiger partial charge on any atom is -0.355 e. The van der Waals surface area contributed by atoms with Crippen LogP contribution in [0.5, 0.6) is 0 Å². The first-order valence-electron chi connectivity index (χ1n) is 4.38. The summed E-state index contributed by atoms with van der Waals surface area (Å²) in [5.74, 6) is 0. The van der Waals surface area contributed by atoms with Crippen LogP contribution in [0.2, 0.25) is 0 Å². The molecule has 0 N–H and O–H groups in total. The molecular formula is C10H15BrN2. The maximum absolute atomic E-state index is 2.37. The fourth-order valence-corrected chi connectivity index (χ4v) is 1.73. The highest BCUT2D eigenvalue weighted by Gasteiger charge is 2.20. The number of halogens is 1. The van der Waals surface area contributed by atoms with Crippen LogP contribution in [0.1, 0.15) is 6.92 Å². The molecule has 0 aromatic heterocycles. The van der Waals surface area contributed by atoms with Gasteiger partial charge < -0.3 is 9.80 Å². The van der Waals surface area contributed by atoms with Crippen molar-refractivity contribution in [1.82, 2.24) is 0 Å². The molecule has 0 amide bonds. The van der Waals surface area contributed by atoms with Gasteiger partial charge >= 0.3 is 0 Å². The van der Waals surface area contributed by atoms with Crippen LogP contribution in [-0.4, -0.2) is 20.3 Å². The normalized spacial score (nSPS) is 14.0. The molecule has 72 valence electrons. The van der Waals surface area contributed by atoms with Crippen LogP contribution >= 0.6 is 17.0 Å². The molecule has 0 fully saturated rings. The van der Waals surface area contributed by atoms with Crippen LogP contribution in [0, 0.1) is 0 Å². The Labute approximate surface area is 89.9 Å². The summed E-state index contributed by atoms with van der Waals surface area (Å²) < 4.78 is 0. The number of anilines is 2. The Kier molecular flexibility index (Phi) is 3.20. The number of para-hydroxylation sites is 2. The zero-order valence-electron chi connectivity index (χ0n) is 8.03. The van der Waals surface area contributed by atoms with Crippen molar-refractivity contribution in [2.24, 2.45) is 0 Å². The second kappa shape index (κ2) is 4.01. The molecule has 0 unspecified atom stereocenters. The molecule has 0 spiro atoms. The zero-order chi connectivity index (χ0) is 8.55. The van der Waals surface area contributed by atoms with Crippen LogP contribution in [0.15, 0.2) is 24.3 Å². The molecule has 13 heavy (non-hydrogen) atoms. The lowest BCUT2D eigenvalue weighted by molar-refractivity contribution is 0.844. The molecule has 0 radical (unpaired) electrons. The highest BCUT2D eigenvalue weighted by atomic mass is 79.9. The number of rotatable bonds is 1. The second-order valence-corrected chi connectivity index (χ2v) is 3.18. The van der Waals surface area contributed by atoms with Crippen molar-refractivity contribution in [3.63, 3.8) is 0 Å². The fourth-order valence-electron chi connectivity index (χ4n) is 1.73. The molecule has 3 heteroatoms. The third-order valence-electron chi connectivity index (χ3n) is 2.40. The van der Waals surface area contributed by atoms with Crippen molar-refractivity contribution >= 4 is 28.4 Å². The summed E-state index contributed by atoms with van der Waals surface area (Å²) in [5, 5.41) is 0. The Morgan fingerprint density at radius 1 is 1.23 bits per heavy atom. The van der Waals surface area contributed by atoms with Crippen LogP contribution in [0.3, 0.4) is 0 Å². The van der Waals surface area contributed by atoms with Gasteiger partial charge in [0.1, 0.15) is 0 Å². The molecule has 0 aliphatic carbocycles. The lowest BCUT2D eigenvalue weighted by Crippen LogP contribution is -2.27. The minimum absolute atomic E-state index is 0. The standard InChI is InChI=1S/C10H14N2.BrH/c1-3-12-8-11(2)9-6-4-5-7-10(9)12;/h4-7H,3,8H2,1-2H3;1H. The Balaban J connectivity index is 0.000000845. The van der Waals surface area contributed by atoms with E-state index >= 15 is 0 Å². The molecule has 0 bridgehead atoms. The van der Waals surface area contributed by atoms with Gasteiger partial charge in [-0.15, -0.1) is 17.0 Å². The third-order valence-corrected chi connectivity index (χ3v) is 2.40. The van der Waals surface area contributed by atoms with Gasteiger partial charge in [-0.25, -0.2) is 0 Å². The lowest BCUT2D eigenvalue weighted by Gasteiger charge is -2.16. The SMILES string of the molecule is Br.CCN1CN(C)c2ccccc21. The highest BCUT2D eigenvalue weighted by Crippen LogP contribution is 2.33. The van der Waals surface area contributed by atoms with Gasteiger partial charge in [-0.3, -0.25) is 0 Å². The topological polar surface area (TPSA) is 6.48 Å². The molecule has 1 aliphatic heterocycles. The summed E-state index contributed by atoms with van der Waals surface area (Å²) in [6.07, 6.45) is 0. The molecule has 1 aliphatic rings. The van der Waals surface area contributed by atoms with Gasteiger partial charge in [-0.2, -0.15) is 0 Å². The van der Waals surface area contributed by atoms with Gasteiger partial charge in [0.05, 0.1) is 18.0 Å². The summed E-state index contributed by atoms with van der Waals surface area (Å²) in [6, 6.07) is 8.54. The van der Waals surface area contributed by atoms with Gasteiger partial charge in [0, 0.05) is 13.6 Å². The zero-order valence-corrected chi connectivity index (χ0v) is 9.74. The van der Waals surface area contributed by atoms with E-state index in [4.69, 9.17) is 0 Å². The fraction of sp³-hybridized carbons (Fsp3) is 0.400. The van der Waals surface area contributed by atoms with E-state index in [1.165, 1.54) is 11.4 Å². The van der Waals surface area contributed by atoms with Gasteiger partial charge in [0.15, 0.2) is 0 Å². The summed E-state index contributed by atoms with van der Waals surface area (Å²) in [4.78, 5) is 4.65. The van der Waals surface area contributed by atoms with Crippen LogP contribution in [-0.2, 0) is 0 Å². The smallest absolute Gasteiger partial charge is 0.0901 e. The molecule has 1 heterocycles. The maximum Gasteiger partial charge on any atom is 0.0901 e. The Morgan fingerprint density at radius 3 is 2.46 bits per heavy atom. The van der Waals surface area contributed by atoms with E-state index in [0.717, 1.165) is 13.2 Å². The summed E-state index contributed by atoms with van der Waals surface area (Å²) in [6.45, 7) is 4.30. The largest absolute Gasteiger partial charge is 0.355 e. The van der Waals surface area contributed by atoms with E-state index in [0.29, 0.717) is 0 Å². The summed E-state index contributed by atoms with van der Waals surface area (Å²) in [5.41, 5.74) is 2.71. The highest BCUT2D eigenvalue weighted by molar-refractivity contribution is 8.93. The van der Waals surface area contributed by atoms with Gasteiger partial charge in [0.2, 0.25) is 0 Å². The van der Waals surface area contributed by atoms with E-state index in [9.17, 15) is 0 Å². The Morgan fingerprint density at radius 2 is 1.85 bits per heavy atom.